The number of ether oxygens (including phenoxy) is 2. The second-order valence-corrected chi connectivity index (χ2v) is 5.25. The fraction of sp³-hybridized carbons (Fsp3) is 0.214. The van der Waals surface area contributed by atoms with Gasteiger partial charge in [0.2, 0.25) is 5.91 Å². The van der Waals surface area contributed by atoms with Gasteiger partial charge in [-0.2, -0.15) is 0 Å². The molecule has 0 aliphatic carbocycles. The first-order chi connectivity index (χ1) is 10.5. The molecule has 2 heterocycles. The molecule has 0 spiro atoms. The van der Waals surface area contributed by atoms with E-state index < -0.39 is 11.9 Å². The lowest BCUT2D eigenvalue weighted by atomic mass is 10.2. The Morgan fingerprint density at radius 2 is 2.00 bits per heavy atom. The Bertz CT molecular complexity index is 702. The summed E-state index contributed by atoms with van der Waals surface area (Å²) in [6.07, 6.45) is 1.31. The number of carbonyl (C=O) groups excluding carboxylic acids is 3. The van der Waals surface area contributed by atoms with Gasteiger partial charge in [0.25, 0.3) is 0 Å². The normalized spacial score (nSPS) is 10.1. The van der Waals surface area contributed by atoms with E-state index in [0.29, 0.717) is 9.88 Å². The smallest absolute Gasteiger partial charge is 0.348 e. The summed E-state index contributed by atoms with van der Waals surface area (Å²) in [5.74, 6) is -1.16. The van der Waals surface area contributed by atoms with E-state index in [-0.39, 0.29) is 23.8 Å². The molecule has 116 valence electrons. The highest BCUT2D eigenvalue weighted by Gasteiger charge is 2.18. The van der Waals surface area contributed by atoms with Crippen molar-refractivity contribution in [1.29, 1.82) is 0 Å². The molecule has 0 bridgehead atoms. The molecule has 2 aromatic rings. The third-order valence-corrected chi connectivity index (χ3v) is 3.57. The molecule has 0 atom stereocenters. The topological polar surface area (TPSA) is 94.8 Å². The maximum atomic E-state index is 11.9. The maximum absolute atomic E-state index is 11.9. The van der Waals surface area contributed by atoms with Crippen LogP contribution in [0.25, 0.3) is 0 Å². The van der Waals surface area contributed by atoms with Gasteiger partial charge in [-0.3, -0.25) is 4.79 Å². The zero-order valence-corrected chi connectivity index (χ0v) is 12.7. The van der Waals surface area contributed by atoms with Gasteiger partial charge >= 0.3 is 11.9 Å². The first kappa shape index (κ1) is 15.8. The van der Waals surface area contributed by atoms with E-state index in [1.54, 1.807) is 12.1 Å². The molecule has 2 aromatic heterocycles. The number of hydrogen-bond acceptors (Lipinski definition) is 7. The highest BCUT2D eigenvalue weighted by molar-refractivity contribution is 7.18. The van der Waals surface area contributed by atoms with Crippen molar-refractivity contribution < 1.29 is 28.3 Å². The minimum atomic E-state index is -0.575. The number of hydrogen-bond donors (Lipinski definition) is 1. The number of methoxy groups -OCH3 is 1. The van der Waals surface area contributed by atoms with Crippen molar-refractivity contribution in [2.45, 2.75) is 13.5 Å². The summed E-state index contributed by atoms with van der Waals surface area (Å²) in [5, 5.41) is 3.12. The molecule has 8 heteroatoms. The molecule has 0 aromatic carbocycles. The van der Waals surface area contributed by atoms with Gasteiger partial charge in [-0.15, -0.1) is 11.3 Å². The summed E-state index contributed by atoms with van der Waals surface area (Å²) in [5.41, 5.74) is 0.209. The van der Waals surface area contributed by atoms with Crippen molar-refractivity contribution in [1.82, 2.24) is 0 Å². The minimum absolute atomic E-state index is 0.191. The van der Waals surface area contributed by atoms with Crippen molar-refractivity contribution in [3.05, 3.63) is 40.7 Å². The second-order valence-electron chi connectivity index (χ2n) is 4.17. The van der Waals surface area contributed by atoms with E-state index in [9.17, 15) is 14.4 Å². The van der Waals surface area contributed by atoms with Crippen molar-refractivity contribution >= 4 is 34.2 Å². The zero-order valence-electron chi connectivity index (χ0n) is 11.9. The third-order valence-electron chi connectivity index (χ3n) is 2.59. The number of carbonyl (C=O) groups is 3. The van der Waals surface area contributed by atoms with Gasteiger partial charge in [0.05, 0.1) is 18.4 Å². The fourth-order valence-electron chi connectivity index (χ4n) is 1.63. The van der Waals surface area contributed by atoms with Gasteiger partial charge in [-0.1, -0.05) is 0 Å². The standard InChI is InChI=1S/C14H13NO6S/c1-8(16)15-12-4-3-11(22-12)14(18)21-7-10-9(5-6-20-10)13(17)19-2/h3-6H,7H2,1-2H3,(H,15,16). The Balaban J connectivity index is 1.98. The molecule has 0 fully saturated rings. The van der Waals surface area contributed by atoms with E-state index in [1.165, 1.54) is 26.4 Å². The van der Waals surface area contributed by atoms with Gasteiger partial charge in [-0.05, 0) is 18.2 Å². The molecule has 22 heavy (non-hydrogen) atoms. The molecular weight excluding hydrogens is 310 g/mol. The minimum Gasteiger partial charge on any atom is -0.465 e. The molecule has 7 nitrogen and oxygen atoms in total. The lowest BCUT2D eigenvalue weighted by Crippen LogP contribution is -2.07. The number of amides is 1. The maximum Gasteiger partial charge on any atom is 0.348 e. The third kappa shape index (κ3) is 3.73. The van der Waals surface area contributed by atoms with Crippen LogP contribution in [0.15, 0.2) is 28.9 Å². The van der Waals surface area contributed by atoms with E-state index in [4.69, 9.17) is 9.15 Å². The summed E-state index contributed by atoms with van der Waals surface area (Å²) in [7, 11) is 1.25. The Labute approximate surface area is 129 Å². The summed E-state index contributed by atoms with van der Waals surface area (Å²) >= 11 is 1.09. The van der Waals surface area contributed by atoms with Crippen LogP contribution >= 0.6 is 11.3 Å². The lowest BCUT2D eigenvalue weighted by molar-refractivity contribution is -0.114. The summed E-state index contributed by atoms with van der Waals surface area (Å²) in [6, 6.07) is 4.59. The molecule has 0 aliphatic rings. The summed E-state index contributed by atoms with van der Waals surface area (Å²) in [6.45, 7) is 1.19. The van der Waals surface area contributed by atoms with Gasteiger partial charge < -0.3 is 19.2 Å². The molecule has 0 aliphatic heterocycles. The van der Waals surface area contributed by atoms with E-state index in [1.807, 2.05) is 0 Å². The SMILES string of the molecule is COC(=O)c1ccoc1COC(=O)c1ccc(NC(C)=O)s1. The summed E-state index contributed by atoms with van der Waals surface area (Å²) in [4.78, 5) is 34.6. The highest BCUT2D eigenvalue weighted by atomic mass is 32.1. The van der Waals surface area contributed by atoms with Crippen molar-refractivity contribution in [3.8, 4) is 0 Å². The van der Waals surface area contributed by atoms with Crippen LogP contribution < -0.4 is 5.32 Å². The van der Waals surface area contributed by atoms with Gasteiger partial charge in [0.1, 0.15) is 10.4 Å². The number of anilines is 1. The van der Waals surface area contributed by atoms with Crippen LogP contribution in [0.1, 0.15) is 32.7 Å². The van der Waals surface area contributed by atoms with Crippen molar-refractivity contribution in [2.75, 3.05) is 12.4 Å². The average molecular weight is 323 g/mol. The van der Waals surface area contributed by atoms with E-state index in [0.717, 1.165) is 11.3 Å². The number of esters is 2. The second kappa shape index (κ2) is 6.90. The summed E-state index contributed by atoms with van der Waals surface area (Å²) < 4.78 is 14.8. The molecule has 0 unspecified atom stereocenters. The number of nitrogens with one attached hydrogen (secondary N) is 1. The number of furan rings is 1. The lowest BCUT2D eigenvalue weighted by Gasteiger charge is -2.03. The van der Waals surface area contributed by atoms with Crippen LogP contribution in [-0.4, -0.2) is 25.0 Å². The molecule has 0 radical (unpaired) electrons. The predicted molar refractivity (Wildman–Crippen MR) is 77.8 cm³/mol. The van der Waals surface area contributed by atoms with E-state index >= 15 is 0 Å². The van der Waals surface area contributed by atoms with Crippen LogP contribution in [0.3, 0.4) is 0 Å². The van der Waals surface area contributed by atoms with E-state index in [2.05, 4.69) is 10.1 Å². The van der Waals surface area contributed by atoms with Crippen molar-refractivity contribution in [2.24, 2.45) is 0 Å². The Kier molecular flexibility index (Phi) is 4.95. The molecule has 1 amide bonds. The first-order valence-corrected chi connectivity index (χ1v) is 7.02. The van der Waals surface area contributed by atoms with Crippen LogP contribution in [0.4, 0.5) is 5.00 Å². The molecular formula is C14H13NO6S. The van der Waals surface area contributed by atoms with Crippen LogP contribution in [0.2, 0.25) is 0 Å². The Hall–Kier alpha value is -2.61. The number of rotatable bonds is 5. The number of thiophene rings is 1. The fourth-order valence-corrected chi connectivity index (χ4v) is 2.48. The van der Waals surface area contributed by atoms with Gasteiger partial charge in [-0.25, -0.2) is 9.59 Å². The Morgan fingerprint density at radius 1 is 1.23 bits per heavy atom. The monoisotopic (exact) mass is 323 g/mol. The Morgan fingerprint density at radius 3 is 2.68 bits per heavy atom. The van der Waals surface area contributed by atoms with Gasteiger partial charge in [0.15, 0.2) is 12.4 Å². The molecule has 0 saturated heterocycles. The molecule has 2 rings (SSSR count). The molecule has 1 N–H and O–H groups in total. The highest BCUT2D eigenvalue weighted by Crippen LogP contribution is 2.23. The van der Waals surface area contributed by atoms with Crippen LogP contribution in [0, 0.1) is 0 Å². The quantitative estimate of drug-likeness (QED) is 0.849. The average Bonchev–Trinajstić information content (AvgIpc) is 3.12. The molecule has 0 saturated carbocycles. The first-order valence-electron chi connectivity index (χ1n) is 6.20. The zero-order chi connectivity index (χ0) is 16.1. The van der Waals surface area contributed by atoms with Gasteiger partial charge in [0, 0.05) is 6.92 Å². The van der Waals surface area contributed by atoms with Crippen LogP contribution in [0.5, 0.6) is 0 Å². The van der Waals surface area contributed by atoms with Crippen molar-refractivity contribution in [3.63, 3.8) is 0 Å². The predicted octanol–water partition coefficient (Wildman–Crippen LogP) is 2.44. The largest absolute Gasteiger partial charge is 0.465 e. The van der Waals surface area contributed by atoms with Crippen LogP contribution in [-0.2, 0) is 20.9 Å².